The minimum absolute atomic E-state index is 0.00453. The normalized spacial score (nSPS) is 15.7. The highest BCUT2D eigenvalue weighted by Crippen LogP contribution is 2.21. The fourth-order valence-corrected chi connectivity index (χ4v) is 5.28. The molecule has 1 N–H and O–H groups in total. The van der Waals surface area contributed by atoms with Gasteiger partial charge in [0, 0.05) is 46.8 Å². The van der Waals surface area contributed by atoms with E-state index in [9.17, 15) is 9.18 Å². The van der Waals surface area contributed by atoms with Crippen molar-refractivity contribution in [2.75, 3.05) is 13.1 Å². The SMILES string of the molecule is O=C(NC1CCN(Cc2cn(-c3ccc(Br)cc3F)nn2)C1)c1cnc2c(cnn2Cc2ccccc2Cl)c1. The molecule has 12 heteroatoms. The van der Waals surface area contributed by atoms with Crippen LogP contribution >= 0.6 is 27.5 Å². The molecule has 4 heterocycles. The summed E-state index contributed by atoms with van der Waals surface area (Å²) in [5, 5.41) is 17.3. The smallest absolute Gasteiger partial charge is 0.253 e. The fourth-order valence-electron chi connectivity index (χ4n) is 4.75. The van der Waals surface area contributed by atoms with E-state index >= 15 is 0 Å². The molecule has 0 saturated carbocycles. The van der Waals surface area contributed by atoms with Crippen LogP contribution in [0.25, 0.3) is 16.7 Å². The Hall–Kier alpha value is -3.67. The number of pyridine rings is 1. The van der Waals surface area contributed by atoms with E-state index in [1.54, 1.807) is 41.5 Å². The van der Waals surface area contributed by atoms with E-state index in [0.29, 0.717) is 46.0 Å². The van der Waals surface area contributed by atoms with Crippen molar-refractivity contribution >= 4 is 44.5 Å². The molecule has 2 aromatic carbocycles. The maximum Gasteiger partial charge on any atom is 0.253 e. The number of nitrogens with one attached hydrogen (secondary N) is 1. The summed E-state index contributed by atoms with van der Waals surface area (Å²) in [6.07, 6.45) is 5.83. The van der Waals surface area contributed by atoms with E-state index in [1.165, 1.54) is 10.7 Å². The van der Waals surface area contributed by atoms with Crippen molar-refractivity contribution in [3.8, 4) is 5.69 Å². The lowest BCUT2D eigenvalue weighted by molar-refractivity contribution is 0.0937. The number of hydrogen-bond acceptors (Lipinski definition) is 6. The van der Waals surface area contributed by atoms with Crippen LogP contribution in [0.5, 0.6) is 0 Å². The first-order valence-electron chi connectivity index (χ1n) is 12.4. The van der Waals surface area contributed by atoms with Gasteiger partial charge in [-0.3, -0.25) is 9.69 Å². The van der Waals surface area contributed by atoms with E-state index in [-0.39, 0.29) is 17.8 Å². The maximum absolute atomic E-state index is 14.3. The van der Waals surface area contributed by atoms with Crippen LogP contribution in [0.15, 0.2) is 71.6 Å². The molecule has 198 valence electrons. The molecule has 1 aliphatic heterocycles. The van der Waals surface area contributed by atoms with Gasteiger partial charge in [0.05, 0.1) is 30.2 Å². The third-order valence-electron chi connectivity index (χ3n) is 6.71. The van der Waals surface area contributed by atoms with Crippen LogP contribution in [0.3, 0.4) is 0 Å². The number of aromatic nitrogens is 6. The first kappa shape index (κ1) is 25.6. The molecule has 0 bridgehead atoms. The van der Waals surface area contributed by atoms with Gasteiger partial charge in [0.15, 0.2) is 5.65 Å². The number of carbonyl (C=O) groups excluding carboxylic acids is 1. The second-order valence-corrected chi connectivity index (χ2v) is 10.8. The Labute approximate surface area is 236 Å². The van der Waals surface area contributed by atoms with Crippen molar-refractivity contribution in [1.29, 1.82) is 0 Å². The molecule has 0 aliphatic carbocycles. The first-order valence-corrected chi connectivity index (χ1v) is 13.5. The lowest BCUT2D eigenvalue weighted by atomic mass is 10.2. The number of halogens is 3. The predicted octanol–water partition coefficient (Wildman–Crippen LogP) is 4.62. The zero-order valence-corrected chi connectivity index (χ0v) is 23.0. The van der Waals surface area contributed by atoms with E-state index in [0.717, 1.165) is 29.6 Å². The van der Waals surface area contributed by atoms with Crippen LogP contribution in [0, 0.1) is 5.82 Å². The summed E-state index contributed by atoms with van der Waals surface area (Å²) in [6, 6.07) is 14.2. The third kappa shape index (κ3) is 5.56. The van der Waals surface area contributed by atoms with Gasteiger partial charge in [-0.15, -0.1) is 5.10 Å². The van der Waals surface area contributed by atoms with Crippen molar-refractivity contribution in [1.82, 2.24) is 40.0 Å². The average molecular weight is 610 g/mol. The predicted molar refractivity (Wildman–Crippen MR) is 148 cm³/mol. The number of amides is 1. The minimum atomic E-state index is -0.384. The van der Waals surface area contributed by atoms with E-state index in [1.807, 2.05) is 24.3 Å². The number of hydrogen-bond donors (Lipinski definition) is 1. The van der Waals surface area contributed by atoms with Crippen molar-refractivity contribution in [3.05, 3.63) is 99.3 Å². The van der Waals surface area contributed by atoms with Gasteiger partial charge < -0.3 is 5.32 Å². The van der Waals surface area contributed by atoms with Crippen molar-refractivity contribution < 1.29 is 9.18 Å². The molecular formula is C27H23BrClFN8O. The molecule has 1 aliphatic rings. The molecule has 3 aromatic heterocycles. The maximum atomic E-state index is 14.3. The molecule has 1 saturated heterocycles. The van der Waals surface area contributed by atoms with Crippen LogP contribution in [-0.4, -0.2) is 59.7 Å². The van der Waals surface area contributed by atoms with Crippen LogP contribution < -0.4 is 5.32 Å². The highest BCUT2D eigenvalue weighted by molar-refractivity contribution is 9.10. The Morgan fingerprint density at radius 3 is 2.87 bits per heavy atom. The van der Waals surface area contributed by atoms with Gasteiger partial charge in [0.2, 0.25) is 0 Å². The summed E-state index contributed by atoms with van der Waals surface area (Å²) in [6.45, 7) is 2.53. The number of fused-ring (bicyclic) bond motifs is 1. The van der Waals surface area contributed by atoms with Gasteiger partial charge in [-0.2, -0.15) is 5.10 Å². The largest absolute Gasteiger partial charge is 0.348 e. The van der Waals surface area contributed by atoms with Gasteiger partial charge >= 0.3 is 0 Å². The number of rotatable bonds is 7. The summed E-state index contributed by atoms with van der Waals surface area (Å²) in [4.78, 5) is 19.7. The fraction of sp³-hybridized carbons (Fsp3) is 0.222. The van der Waals surface area contributed by atoms with Crippen molar-refractivity contribution in [3.63, 3.8) is 0 Å². The average Bonchev–Trinajstić information content (AvgIpc) is 3.66. The number of likely N-dealkylation sites (tertiary alicyclic amines) is 1. The molecule has 1 atom stereocenters. The standard InChI is InChI=1S/C27H23BrClFN8O/c28-20-5-6-25(24(30)10-20)37-16-22(34-35-37)15-36-8-7-21(14-36)33-27(39)19-9-18-12-32-38(26(18)31-11-19)13-17-3-1-2-4-23(17)29/h1-6,9-12,16,21H,7-8,13-15H2,(H,33,39). The van der Waals surface area contributed by atoms with Gasteiger partial charge in [-0.25, -0.2) is 18.7 Å². The quantitative estimate of drug-likeness (QED) is 0.290. The Kier molecular flexibility index (Phi) is 7.11. The van der Waals surface area contributed by atoms with Gasteiger partial charge in [-0.05, 0) is 42.3 Å². The summed E-state index contributed by atoms with van der Waals surface area (Å²) in [5.41, 5.74) is 3.19. The summed E-state index contributed by atoms with van der Waals surface area (Å²) in [7, 11) is 0. The summed E-state index contributed by atoms with van der Waals surface area (Å²) in [5.74, 6) is -0.558. The Balaban J connectivity index is 1.06. The highest BCUT2D eigenvalue weighted by atomic mass is 79.9. The Morgan fingerprint density at radius 2 is 2.03 bits per heavy atom. The molecule has 5 aromatic rings. The van der Waals surface area contributed by atoms with Crippen LogP contribution in [0.4, 0.5) is 4.39 Å². The summed E-state index contributed by atoms with van der Waals surface area (Å²) < 4.78 is 18.1. The van der Waals surface area contributed by atoms with Gasteiger partial charge in [0.1, 0.15) is 11.5 Å². The lowest BCUT2D eigenvalue weighted by Gasteiger charge is -2.15. The Morgan fingerprint density at radius 1 is 1.15 bits per heavy atom. The van der Waals surface area contributed by atoms with Crippen LogP contribution in [0.2, 0.25) is 5.02 Å². The second kappa shape index (κ2) is 10.8. The van der Waals surface area contributed by atoms with Crippen LogP contribution in [-0.2, 0) is 13.1 Å². The number of nitrogens with zero attached hydrogens (tertiary/aromatic N) is 7. The second-order valence-electron chi connectivity index (χ2n) is 9.47. The molecular weight excluding hydrogens is 587 g/mol. The first-order chi connectivity index (χ1) is 18.9. The molecule has 0 radical (unpaired) electrons. The molecule has 0 spiro atoms. The molecule has 1 fully saturated rings. The summed E-state index contributed by atoms with van der Waals surface area (Å²) >= 11 is 9.55. The lowest BCUT2D eigenvalue weighted by Crippen LogP contribution is -2.37. The van der Waals surface area contributed by atoms with Gasteiger partial charge in [-0.1, -0.05) is 50.9 Å². The minimum Gasteiger partial charge on any atom is -0.348 e. The monoisotopic (exact) mass is 608 g/mol. The zero-order chi connectivity index (χ0) is 26.9. The van der Waals surface area contributed by atoms with E-state index in [4.69, 9.17) is 11.6 Å². The third-order valence-corrected chi connectivity index (χ3v) is 7.57. The van der Waals surface area contributed by atoms with E-state index in [2.05, 4.69) is 46.5 Å². The van der Waals surface area contributed by atoms with E-state index < -0.39 is 0 Å². The van der Waals surface area contributed by atoms with Crippen molar-refractivity contribution in [2.24, 2.45) is 0 Å². The molecule has 9 nitrogen and oxygen atoms in total. The number of benzene rings is 2. The topological polar surface area (TPSA) is 93.8 Å². The molecule has 6 rings (SSSR count). The molecule has 1 amide bonds. The number of carbonyl (C=O) groups is 1. The highest BCUT2D eigenvalue weighted by Gasteiger charge is 2.25. The van der Waals surface area contributed by atoms with Crippen LogP contribution in [0.1, 0.15) is 28.0 Å². The van der Waals surface area contributed by atoms with Gasteiger partial charge in [0.25, 0.3) is 5.91 Å². The molecule has 39 heavy (non-hydrogen) atoms. The molecule has 1 unspecified atom stereocenters. The van der Waals surface area contributed by atoms with Crippen molar-refractivity contribution in [2.45, 2.75) is 25.6 Å². The Bertz CT molecular complexity index is 1670. The zero-order valence-electron chi connectivity index (χ0n) is 20.6.